The molecule has 1 aliphatic heterocycles. The normalized spacial score (nSPS) is 14.9. The van der Waals surface area contributed by atoms with Crippen LogP contribution in [0.15, 0.2) is 48.5 Å². The number of nitrogens with one attached hydrogen (secondary N) is 1. The maximum atomic E-state index is 12.0. The zero-order valence-electron chi connectivity index (χ0n) is 16.7. The van der Waals surface area contributed by atoms with Crippen molar-refractivity contribution in [2.24, 2.45) is 0 Å². The van der Waals surface area contributed by atoms with Crippen LogP contribution in [-0.4, -0.2) is 50.1 Å². The Morgan fingerprint density at radius 1 is 1.07 bits per heavy atom. The average Bonchev–Trinajstić information content (AvgIpc) is 2.71. The number of aryl methyl sites for hydroxylation is 2. The molecule has 0 spiro atoms. The minimum Gasteiger partial charge on any atom is -0.369 e. The summed E-state index contributed by atoms with van der Waals surface area (Å²) in [6.45, 7) is 8.19. The third-order valence-electron chi connectivity index (χ3n) is 5.29. The minimum absolute atomic E-state index is 0.101. The van der Waals surface area contributed by atoms with Crippen molar-refractivity contribution in [1.82, 2.24) is 10.2 Å². The van der Waals surface area contributed by atoms with Crippen LogP contribution in [0.25, 0.3) is 0 Å². The number of piperazine rings is 1. The number of halogens is 1. The lowest BCUT2D eigenvalue weighted by Gasteiger charge is -2.36. The Balaban J connectivity index is 1.29. The lowest BCUT2D eigenvalue weighted by molar-refractivity contribution is -0.121. The van der Waals surface area contributed by atoms with Crippen LogP contribution in [0.4, 0.5) is 5.69 Å². The molecule has 1 aliphatic rings. The standard InChI is InChI=1S/C23H30ClN3O/c1-19-6-4-8-21(18-19)27-16-14-26(15-17-27)13-5-12-25-23(28)11-10-20-7-2-3-9-22(20)24/h2-4,6-9,18H,5,10-17H2,1H3,(H,25,28). The molecule has 0 unspecified atom stereocenters. The van der Waals surface area contributed by atoms with Crippen LogP contribution in [0, 0.1) is 6.92 Å². The van der Waals surface area contributed by atoms with Crippen molar-refractivity contribution in [3.63, 3.8) is 0 Å². The number of carbonyl (C=O) groups excluding carboxylic acids is 1. The molecule has 4 nitrogen and oxygen atoms in total. The summed E-state index contributed by atoms with van der Waals surface area (Å²) in [5, 5.41) is 3.77. The van der Waals surface area contributed by atoms with Gasteiger partial charge in [-0.3, -0.25) is 9.69 Å². The van der Waals surface area contributed by atoms with E-state index in [-0.39, 0.29) is 5.91 Å². The Labute approximate surface area is 173 Å². The number of nitrogens with zero attached hydrogens (tertiary/aromatic N) is 2. The molecular weight excluding hydrogens is 370 g/mol. The van der Waals surface area contributed by atoms with E-state index in [1.54, 1.807) is 0 Å². The van der Waals surface area contributed by atoms with Gasteiger partial charge in [-0.05, 0) is 55.6 Å². The van der Waals surface area contributed by atoms with E-state index in [0.29, 0.717) is 12.8 Å². The molecule has 1 saturated heterocycles. The molecule has 0 aliphatic carbocycles. The number of benzene rings is 2. The second-order valence-electron chi connectivity index (χ2n) is 7.46. The molecule has 3 rings (SSSR count). The smallest absolute Gasteiger partial charge is 0.220 e. The fourth-order valence-electron chi connectivity index (χ4n) is 3.62. The molecule has 2 aromatic carbocycles. The van der Waals surface area contributed by atoms with Gasteiger partial charge in [-0.1, -0.05) is 41.9 Å². The van der Waals surface area contributed by atoms with Crippen molar-refractivity contribution in [1.29, 1.82) is 0 Å². The lowest BCUT2D eigenvalue weighted by atomic mass is 10.1. The molecule has 150 valence electrons. The SMILES string of the molecule is Cc1cccc(N2CCN(CCCNC(=O)CCc3ccccc3Cl)CC2)c1. The summed E-state index contributed by atoms with van der Waals surface area (Å²) >= 11 is 6.14. The molecule has 0 bridgehead atoms. The number of hydrogen-bond donors (Lipinski definition) is 1. The summed E-state index contributed by atoms with van der Waals surface area (Å²) in [7, 11) is 0. The van der Waals surface area contributed by atoms with Crippen LogP contribution in [-0.2, 0) is 11.2 Å². The third-order valence-corrected chi connectivity index (χ3v) is 5.66. The van der Waals surface area contributed by atoms with Crippen LogP contribution in [0.1, 0.15) is 24.0 Å². The van der Waals surface area contributed by atoms with Gasteiger partial charge < -0.3 is 10.2 Å². The van der Waals surface area contributed by atoms with Gasteiger partial charge in [0.25, 0.3) is 0 Å². The summed E-state index contributed by atoms with van der Waals surface area (Å²) < 4.78 is 0. The average molecular weight is 400 g/mol. The molecule has 5 heteroatoms. The number of anilines is 1. The Kier molecular flexibility index (Phi) is 7.75. The first-order valence-electron chi connectivity index (χ1n) is 10.2. The van der Waals surface area contributed by atoms with E-state index < -0.39 is 0 Å². The van der Waals surface area contributed by atoms with E-state index >= 15 is 0 Å². The fourth-order valence-corrected chi connectivity index (χ4v) is 3.85. The van der Waals surface area contributed by atoms with Gasteiger partial charge in [-0.2, -0.15) is 0 Å². The highest BCUT2D eigenvalue weighted by Crippen LogP contribution is 2.18. The molecule has 0 atom stereocenters. The zero-order chi connectivity index (χ0) is 19.8. The summed E-state index contributed by atoms with van der Waals surface area (Å²) in [6, 6.07) is 16.4. The quantitative estimate of drug-likeness (QED) is 0.683. The van der Waals surface area contributed by atoms with E-state index in [9.17, 15) is 4.79 Å². The highest BCUT2D eigenvalue weighted by molar-refractivity contribution is 6.31. The largest absolute Gasteiger partial charge is 0.369 e. The minimum atomic E-state index is 0.101. The molecule has 0 saturated carbocycles. The Morgan fingerprint density at radius 3 is 2.61 bits per heavy atom. The van der Waals surface area contributed by atoms with Gasteiger partial charge in [0.05, 0.1) is 0 Å². The second kappa shape index (κ2) is 10.5. The molecule has 2 aromatic rings. The molecule has 1 heterocycles. The van der Waals surface area contributed by atoms with E-state index in [2.05, 4.69) is 46.3 Å². The summed E-state index contributed by atoms with van der Waals surface area (Å²) in [6.07, 6.45) is 2.16. The van der Waals surface area contributed by atoms with Crippen molar-refractivity contribution < 1.29 is 4.79 Å². The first-order valence-corrected chi connectivity index (χ1v) is 10.5. The monoisotopic (exact) mass is 399 g/mol. The Bertz CT molecular complexity index is 772. The summed E-state index contributed by atoms with van der Waals surface area (Å²) in [4.78, 5) is 17.0. The Morgan fingerprint density at radius 2 is 1.86 bits per heavy atom. The van der Waals surface area contributed by atoms with Crippen molar-refractivity contribution in [2.75, 3.05) is 44.2 Å². The van der Waals surface area contributed by atoms with Crippen LogP contribution in [0.2, 0.25) is 5.02 Å². The van der Waals surface area contributed by atoms with E-state index in [1.807, 2.05) is 24.3 Å². The van der Waals surface area contributed by atoms with Gasteiger partial charge in [-0.25, -0.2) is 0 Å². The van der Waals surface area contributed by atoms with Crippen molar-refractivity contribution in [3.8, 4) is 0 Å². The number of rotatable bonds is 8. The molecule has 1 amide bonds. The third kappa shape index (κ3) is 6.25. The number of amides is 1. The predicted molar refractivity (Wildman–Crippen MR) is 117 cm³/mol. The zero-order valence-corrected chi connectivity index (χ0v) is 17.4. The summed E-state index contributed by atoms with van der Waals surface area (Å²) in [5.74, 6) is 0.101. The molecule has 0 aromatic heterocycles. The van der Waals surface area contributed by atoms with Gasteiger partial charge >= 0.3 is 0 Å². The highest BCUT2D eigenvalue weighted by atomic mass is 35.5. The summed E-state index contributed by atoms with van der Waals surface area (Å²) in [5.41, 5.74) is 3.67. The van der Waals surface area contributed by atoms with Crippen LogP contribution in [0.3, 0.4) is 0 Å². The first-order chi connectivity index (χ1) is 13.6. The molecule has 0 radical (unpaired) electrons. The maximum absolute atomic E-state index is 12.0. The van der Waals surface area contributed by atoms with Crippen molar-refractivity contribution >= 4 is 23.2 Å². The molecule has 1 fully saturated rings. The second-order valence-corrected chi connectivity index (χ2v) is 7.87. The molecule has 28 heavy (non-hydrogen) atoms. The van der Waals surface area contributed by atoms with E-state index in [0.717, 1.165) is 56.3 Å². The number of hydrogen-bond acceptors (Lipinski definition) is 3. The molecule has 1 N–H and O–H groups in total. The van der Waals surface area contributed by atoms with Crippen LogP contribution >= 0.6 is 11.6 Å². The van der Waals surface area contributed by atoms with Crippen molar-refractivity contribution in [2.45, 2.75) is 26.2 Å². The highest BCUT2D eigenvalue weighted by Gasteiger charge is 2.16. The van der Waals surface area contributed by atoms with Crippen LogP contribution < -0.4 is 10.2 Å². The van der Waals surface area contributed by atoms with Crippen LogP contribution in [0.5, 0.6) is 0 Å². The molecular formula is C23H30ClN3O. The first kappa shape index (κ1) is 20.7. The van der Waals surface area contributed by atoms with E-state index in [1.165, 1.54) is 11.3 Å². The van der Waals surface area contributed by atoms with Gasteiger partial charge in [0.2, 0.25) is 5.91 Å². The Hall–Kier alpha value is -2.04. The van der Waals surface area contributed by atoms with Gasteiger partial charge in [-0.15, -0.1) is 0 Å². The van der Waals surface area contributed by atoms with Gasteiger partial charge in [0, 0.05) is 49.9 Å². The number of carbonyl (C=O) groups is 1. The van der Waals surface area contributed by atoms with Gasteiger partial charge in [0.15, 0.2) is 0 Å². The van der Waals surface area contributed by atoms with Gasteiger partial charge in [0.1, 0.15) is 0 Å². The van der Waals surface area contributed by atoms with E-state index in [4.69, 9.17) is 11.6 Å². The lowest BCUT2D eigenvalue weighted by Crippen LogP contribution is -2.47. The topological polar surface area (TPSA) is 35.6 Å². The maximum Gasteiger partial charge on any atom is 0.220 e. The van der Waals surface area contributed by atoms with Crippen molar-refractivity contribution in [3.05, 3.63) is 64.7 Å². The fraction of sp³-hybridized carbons (Fsp3) is 0.435. The predicted octanol–water partition coefficient (Wildman–Crippen LogP) is 3.91.